The van der Waals surface area contributed by atoms with Crippen molar-refractivity contribution >= 4 is 5.91 Å². The zero-order chi connectivity index (χ0) is 13.6. The number of benzene rings is 1. The molecule has 0 spiro atoms. The molecule has 0 unspecified atom stereocenters. The quantitative estimate of drug-likeness (QED) is 0.772. The Kier molecular flexibility index (Phi) is 2.61. The van der Waals surface area contributed by atoms with Crippen LogP contribution in [0.25, 0.3) is 0 Å². The molecule has 19 heavy (non-hydrogen) atoms. The van der Waals surface area contributed by atoms with Gasteiger partial charge in [-0.05, 0) is 38.0 Å². The van der Waals surface area contributed by atoms with Crippen LogP contribution in [0.5, 0.6) is 0 Å². The molecular weight excluding hydrogens is 238 g/mol. The molecule has 2 saturated heterocycles. The summed E-state index contributed by atoms with van der Waals surface area (Å²) in [5, 5.41) is 13.0. The molecule has 2 fully saturated rings. The Morgan fingerprint density at radius 1 is 1.42 bits per heavy atom. The van der Waals surface area contributed by atoms with Gasteiger partial charge in [0.25, 0.3) is 0 Å². The minimum Gasteiger partial charge on any atom is -0.273 e. The van der Waals surface area contributed by atoms with E-state index in [4.69, 9.17) is 5.26 Å². The minimum atomic E-state index is -0.300. The zero-order valence-corrected chi connectivity index (χ0v) is 11.3. The Hall–Kier alpha value is -1.86. The maximum atomic E-state index is 12.5. The van der Waals surface area contributed by atoms with Gasteiger partial charge in [-0.3, -0.25) is 9.80 Å². The molecule has 0 saturated carbocycles. The summed E-state index contributed by atoms with van der Waals surface area (Å²) in [6.07, 6.45) is 0.941. The van der Waals surface area contributed by atoms with Crippen molar-refractivity contribution in [2.24, 2.45) is 5.41 Å². The molecule has 0 aliphatic carbocycles. The monoisotopic (exact) mass is 255 g/mol. The number of rotatable bonds is 1. The fourth-order valence-corrected chi connectivity index (χ4v) is 3.08. The van der Waals surface area contributed by atoms with E-state index in [1.165, 1.54) is 0 Å². The number of nitriles is 1. The number of amides is 1. The van der Waals surface area contributed by atoms with Gasteiger partial charge in [0.05, 0.1) is 23.1 Å². The number of carbonyl (C=O) groups is 1. The second-order valence-corrected chi connectivity index (χ2v) is 5.96. The first kappa shape index (κ1) is 12.2. The van der Waals surface area contributed by atoms with Crippen molar-refractivity contribution in [2.75, 3.05) is 13.1 Å². The third-order valence-corrected chi connectivity index (χ3v) is 4.03. The molecule has 1 atom stereocenters. The summed E-state index contributed by atoms with van der Waals surface area (Å²) in [7, 11) is 0. The smallest absolute Gasteiger partial charge is 0.244 e. The third-order valence-electron chi connectivity index (χ3n) is 4.03. The van der Waals surface area contributed by atoms with Gasteiger partial charge in [0.2, 0.25) is 5.91 Å². The van der Waals surface area contributed by atoms with E-state index in [-0.39, 0.29) is 17.4 Å². The normalized spacial score (nSPS) is 25.4. The van der Waals surface area contributed by atoms with Gasteiger partial charge in [0.1, 0.15) is 0 Å². The van der Waals surface area contributed by atoms with E-state index in [1.54, 1.807) is 6.07 Å². The molecule has 4 nitrogen and oxygen atoms in total. The van der Waals surface area contributed by atoms with Crippen LogP contribution in [0.15, 0.2) is 24.3 Å². The van der Waals surface area contributed by atoms with Crippen LogP contribution in [-0.4, -0.2) is 29.0 Å². The summed E-state index contributed by atoms with van der Waals surface area (Å²) in [4.78, 5) is 12.5. The van der Waals surface area contributed by atoms with Gasteiger partial charge in [0.15, 0.2) is 0 Å². The number of carbonyl (C=O) groups excluding carboxylic acids is 1. The van der Waals surface area contributed by atoms with Crippen molar-refractivity contribution in [1.29, 1.82) is 5.26 Å². The Morgan fingerprint density at radius 2 is 2.21 bits per heavy atom. The van der Waals surface area contributed by atoms with E-state index in [1.807, 2.05) is 37.1 Å². The summed E-state index contributed by atoms with van der Waals surface area (Å²) in [6, 6.07) is 9.84. The Balaban J connectivity index is 1.95. The van der Waals surface area contributed by atoms with Crippen LogP contribution in [-0.2, 0) is 4.79 Å². The summed E-state index contributed by atoms with van der Waals surface area (Å²) >= 11 is 0. The van der Waals surface area contributed by atoms with Crippen LogP contribution in [0.2, 0.25) is 0 Å². The topological polar surface area (TPSA) is 47.3 Å². The van der Waals surface area contributed by atoms with Crippen molar-refractivity contribution in [3.8, 4) is 6.07 Å². The van der Waals surface area contributed by atoms with Gasteiger partial charge in [-0.2, -0.15) is 5.26 Å². The minimum absolute atomic E-state index is 0.0857. The lowest BCUT2D eigenvalue weighted by Gasteiger charge is -2.26. The summed E-state index contributed by atoms with van der Waals surface area (Å²) in [5.41, 5.74) is 1.42. The van der Waals surface area contributed by atoms with Crippen molar-refractivity contribution in [3.05, 3.63) is 35.4 Å². The number of hydrogen-bond acceptors (Lipinski definition) is 3. The van der Waals surface area contributed by atoms with Crippen LogP contribution in [0.4, 0.5) is 0 Å². The predicted octanol–water partition coefficient (Wildman–Crippen LogP) is 2.09. The van der Waals surface area contributed by atoms with Crippen molar-refractivity contribution in [1.82, 2.24) is 10.0 Å². The van der Waals surface area contributed by atoms with Crippen molar-refractivity contribution < 1.29 is 4.79 Å². The largest absolute Gasteiger partial charge is 0.273 e. The lowest BCUT2D eigenvalue weighted by Crippen LogP contribution is -2.35. The summed E-state index contributed by atoms with van der Waals surface area (Å²) in [5.74, 6) is 0.192. The van der Waals surface area contributed by atoms with Gasteiger partial charge in [-0.25, -0.2) is 5.01 Å². The van der Waals surface area contributed by atoms with E-state index in [0.717, 1.165) is 25.1 Å². The van der Waals surface area contributed by atoms with Gasteiger partial charge >= 0.3 is 0 Å². The number of hydrogen-bond donors (Lipinski definition) is 0. The summed E-state index contributed by atoms with van der Waals surface area (Å²) < 4.78 is 0. The van der Waals surface area contributed by atoms with Crippen LogP contribution < -0.4 is 0 Å². The average molecular weight is 255 g/mol. The standard InChI is InChI=1S/C15H17N3O/c1-15(2)10-17-7-6-13(18(17)14(15)19)12-5-3-4-11(8-12)9-16/h3-5,8,13H,6-7,10H2,1-2H3/t13-/m1/s1. The van der Waals surface area contributed by atoms with Gasteiger partial charge in [-0.15, -0.1) is 0 Å². The maximum absolute atomic E-state index is 12.5. The van der Waals surface area contributed by atoms with Crippen LogP contribution in [0, 0.1) is 16.7 Å². The van der Waals surface area contributed by atoms with E-state index in [2.05, 4.69) is 11.1 Å². The molecule has 4 heteroatoms. The molecule has 1 aromatic carbocycles. The number of hydrazine groups is 1. The highest BCUT2D eigenvalue weighted by atomic mass is 16.2. The van der Waals surface area contributed by atoms with Crippen LogP contribution >= 0.6 is 0 Å². The fourth-order valence-electron chi connectivity index (χ4n) is 3.08. The average Bonchev–Trinajstić information content (AvgIpc) is 2.89. The van der Waals surface area contributed by atoms with E-state index in [0.29, 0.717) is 5.56 Å². The first-order chi connectivity index (χ1) is 9.03. The molecule has 0 aromatic heterocycles. The zero-order valence-electron chi connectivity index (χ0n) is 11.3. The lowest BCUT2D eigenvalue weighted by atomic mass is 9.92. The number of nitrogens with zero attached hydrogens (tertiary/aromatic N) is 3. The molecule has 0 bridgehead atoms. The Morgan fingerprint density at radius 3 is 2.95 bits per heavy atom. The van der Waals surface area contributed by atoms with E-state index < -0.39 is 0 Å². The first-order valence-electron chi connectivity index (χ1n) is 6.61. The van der Waals surface area contributed by atoms with Gasteiger partial charge < -0.3 is 0 Å². The third kappa shape index (κ3) is 1.82. The highest BCUT2D eigenvalue weighted by Crippen LogP contribution is 2.42. The molecule has 2 aliphatic rings. The van der Waals surface area contributed by atoms with Crippen molar-refractivity contribution in [2.45, 2.75) is 26.3 Å². The highest BCUT2D eigenvalue weighted by molar-refractivity contribution is 5.84. The fraction of sp³-hybridized carbons (Fsp3) is 0.467. The molecule has 0 radical (unpaired) electrons. The summed E-state index contributed by atoms with van der Waals surface area (Å²) in [6.45, 7) is 5.70. The molecule has 98 valence electrons. The van der Waals surface area contributed by atoms with E-state index in [9.17, 15) is 4.79 Å². The molecule has 2 heterocycles. The molecule has 0 N–H and O–H groups in total. The van der Waals surface area contributed by atoms with Gasteiger partial charge in [-0.1, -0.05) is 12.1 Å². The molecule has 1 amide bonds. The predicted molar refractivity (Wildman–Crippen MR) is 70.7 cm³/mol. The number of fused-ring (bicyclic) bond motifs is 1. The van der Waals surface area contributed by atoms with E-state index >= 15 is 0 Å². The Labute approximate surface area is 113 Å². The molecule has 1 aromatic rings. The second kappa shape index (κ2) is 4.07. The van der Waals surface area contributed by atoms with Crippen molar-refractivity contribution in [3.63, 3.8) is 0 Å². The highest BCUT2D eigenvalue weighted by Gasteiger charge is 2.50. The molecule has 2 aliphatic heterocycles. The first-order valence-corrected chi connectivity index (χ1v) is 6.61. The van der Waals surface area contributed by atoms with Crippen LogP contribution in [0.1, 0.15) is 37.4 Å². The Bertz CT molecular complexity index is 573. The van der Waals surface area contributed by atoms with Gasteiger partial charge in [0, 0.05) is 13.1 Å². The van der Waals surface area contributed by atoms with Crippen LogP contribution in [0.3, 0.4) is 0 Å². The molecule has 3 rings (SSSR count). The molecular formula is C15H17N3O. The lowest BCUT2D eigenvalue weighted by molar-refractivity contribution is -0.142. The SMILES string of the molecule is CC1(C)CN2CC[C@H](c3cccc(C#N)c3)N2C1=O. The maximum Gasteiger partial charge on any atom is 0.244 e. The second-order valence-electron chi connectivity index (χ2n) is 5.96.